The Morgan fingerprint density at radius 3 is 1.82 bits per heavy atom. The second-order valence-corrected chi connectivity index (χ2v) is 6.66. The second kappa shape index (κ2) is 7.67. The van der Waals surface area contributed by atoms with Crippen LogP contribution in [0.1, 0.15) is 43.5 Å². The Morgan fingerprint density at radius 1 is 0.857 bits per heavy atom. The molecule has 2 amide bonds. The predicted molar refractivity (Wildman–Crippen MR) is 101 cm³/mol. The van der Waals surface area contributed by atoms with Crippen LogP contribution in [-0.4, -0.2) is 41.2 Å². The Balaban J connectivity index is 1.63. The van der Waals surface area contributed by atoms with Crippen LogP contribution in [0.2, 0.25) is 0 Å². The van der Waals surface area contributed by atoms with Crippen molar-refractivity contribution >= 4 is 11.8 Å². The average molecular weight is 384 g/mol. The quantitative estimate of drug-likeness (QED) is 0.638. The molecule has 0 aliphatic carbocycles. The number of nitrogens with zero attached hydrogens (tertiary/aromatic N) is 6. The first kappa shape index (κ1) is 19.3. The molecule has 2 N–H and O–H groups in total. The molecule has 0 aromatic carbocycles. The fraction of sp³-hybridized carbons (Fsp3) is 0.389. The molecule has 0 saturated carbocycles. The van der Waals surface area contributed by atoms with E-state index in [9.17, 15) is 9.59 Å². The van der Waals surface area contributed by atoms with Crippen molar-refractivity contribution in [3.8, 4) is 0 Å². The van der Waals surface area contributed by atoms with Gasteiger partial charge in [0.1, 0.15) is 5.69 Å². The zero-order valence-electron chi connectivity index (χ0n) is 16.6. The summed E-state index contributed by atoms with van der Waals surface area (Å²) in [6, 6.07) is 1.48. The smallest absolute Gasteiger partial charge is 0.272 e. The lowest BCUT2D eigenvalue weighted by Crippen LogP contribution is -2.25. The lowest BCUT2D eigenvalue weighted by atomic mass is 10.2. The highest BCUT2D eigenvalue weighted by molar-refractivity contribution is 5.97. The summed E-state index contributed by atoms with van der Waals surface area (Å²) >= 11 is 0. The van der Waals surface area contributed by atoms with Crippen molar-refractivity contribution in [2.75, 3.05) is 0 Å². The number of rotatable bonds is 6. The van der Waals surface area contributed by atoms with Crippen molar-refractivity contribution in [2.45, 2.75) is 26.9 Å². The maximum Gasteiger partial charge on any atom is 0.272 e. The third kappa shape index (κ3) is 3.80. The monoisotopic (exact) mass is 384 g/mol. The minimum Gasteiger partial charge on any atom is -0.347 e. The molecule has 0 spiro atoms. The molecule has 3 rings (SSSR count). The van der Waals surface area contributed by atoms with Crippen LogP contribution in [0.25, 0.3) is 0 Å². The Morgan fingerprint density at radius 2 is 1.36 bits per heavy atom. The molecule has 0 fully saturated rings. The highest BCUT2D eigenvalue weighted by Crippen LogP contribution is 2.08. The van der Waals surface area contributed by atoms with E-state index in [1.807, 2.05) is 27.9 Å². The molecule has 0 aliphatic heterocycles. The van der Waals surface area contributed by atoms with E-state index in [-0.39, 0.29) is 17.5 Å². The standard InChI is InChI=1S/C18H24N8O2/c1-11-13(9-21-24(11)3)7-19-17(27)15-6-16(26(5)23-15)18(28)20-8-14-10-22-25(4)12(14)2/h6,9-10H,7-8H2,1-5H3,(H,19,27)(H,20,28). The van der Waals surface area contributed by atoms with Gasteiger partial charge >= 0.3 is 0 Å². The number of nitrogens with one attached hydrogen (secondary N) is 2. The zero-order valence-corrected chi connectivity index (χ0v) is 16.6. The van der Waals surface area contributed by atoms with Gasteiger partial charge in [0.2, 0.25) is 0 Å². The maximum absolute atomic E-state index is 12.5. The number of carbonyl (C=O) groups is 2. The predicted octanol–water partition coefficient (Wildman–Crippen LogP) is 0.364. The van der Waals surface area contributed by atoms with Gasteiger partial charge in [-0.3, -0.25) is 23.6 Å². The van der Waals surface area contributed by atoms with Gasteiger partial charge in [0, 0.05) is 62.8 Å². The number of hydrogen-bond acceptors (Lipinski definition) is 5. The van der Waals surface area contributed by atoms with E-state index in [1.54, 1.807) is 28.8 Å². The van der Waals surface area contributed by atoms with Crippen LogP contribution < -0.4 is 10.6 Å². The number of carbonyl (C=O) groups excluding carboxylic acids is 2. The SMILES string of the molecule is Cc1c(CNC(=O)c2cc(C(=O)NCc3cnn(C)c3C)n(C)n2)cnn1C. The molecule has 0 atom stereocenters. The van der Waals surface area contributed by atoms with Gasteiger partial charge in [-0.1, -0.05) is 0 Å². The largest absolute Gasteiger partial charge is 0.347 e. The molecule has 0 aliphatic rings. The highest BCUT2D eigenvalue weighted by Gasteiger charge is 2.18. The Bertz CT molecular complexity index is 1030. The second-order valence-electron chi connectivity index (χ2n) is 6.66. The molecule has 3 aromatic rings. The minimum absolute atomic E-state index is 0.187. The van der Waals surface area contributed by atoms with Crippen molar-refractivity contribution in [2.24, 2.45) is 21.1 Å². The first-order valence-corrected chi connectivity index (χ1v) is 8.83. The number of hydrogen-bond donors (Lipinski definition) is 2. The van der Waals surface area contributed by atoms with Gasteiger partial charge in [0.15, 0.2) is 5.69 Å². The first-order valence-electron chi connectivity index (χ1n) is 8.83. The van der Waals surface area contributed by atoms with Gasteiger partial charge in [0.05, 0.1) is 12.4 Å². The molecular weight excluding hydrogens is 360 g/mol. The van der Waals surface area contributed by atoms with Crippen molar-refractivity contribution < 1.29 is 9.59 Å². The fourth-order valence-corrected chi connectivity index (χ4v) is 2.76. The summed E-state index contributed by atoms with van der Waals surface area (Å²) in [6.45, 7) is 4.56. The molecule has 0 unspecified atom stereocenters. The summed E-state index contributed by atoms with van der Waals surface area (Å²) < 4.78 is 4.89. The Kier molecular flexibility index (Phi) is 5.30. The van der Waals surface area contributed by atoms with Crippen molar-refractivity contribution in [3.63, 3.8) is 0 Å². The molecule has 0 radical (unpaired) electrons. The lowest BCUT2D eigenvalue weighted by Gasteiger charge is -2.04. The molecule has 10 heteroatoms. The molecule has 3 heterocycles. The molecule has 0 saturated heterocycles. The van der Waals surface area contributed by atoms with Gasteiger partial charge in [-0.15, -0.1) is 0 Å². The maximum atomic E-state index is 12.5. The van der Waals surface area contributed by atoms with Gasteiger partial charge in [0.25, 0.3) is 11.8 Å². The molecular formula is C18H24N8O2. The summed E-state index contributed by atoms with van der Waals surface area (Å²) in [5.41, 5.74) is 4.32. The number of amides is 2. The van der Waals surface area contributed by atoms with Crippen LogP contribution in [0.3, 0.4) is 0 Å². The van der Waals surface area contributed by atoms with Crippen LogP contribution in [0, 0.1) is 13.8 Å². The van der Waals surface area contributed by atoms with Crippen molar-refractivity contribution in [1.29, 1.82) is 0 Å². The Hall–Kier alpha value is -3.43. The summed E-state index contributed by atoms with van der Waals surface area (Å²) in [6.07, 6.45) is 3.44. The van der Waals surface area contributed by atoms with Crippen molar-refractivity contribution in [1.82, 2.24) is 40.0 Å². The van der Waals surface area contributed by atoms with E-state index in [1.165, 1.54) is 10.7 Å². The van der Waals surface area contributed by atoms with Crippen LogP contribution in [0.5, 0.6) is 0 Å². The Labute approximate surface area is 162 Å². The topological polar surface area (TPSA) is 112 Å². The van der Waals surface area contributed by atoms with Crippen LogP contribution in [0.4, 0.5) is 0 Å². The van der Waals surface area contributed by atoms with E-state index in [2.05, 4.69) is 25.9 Å². The normalized spacial score (nSPS) is 10.9. The van der Waals surface area contributed by atoms with Crippen LogP contribution in [-0.2, 0) is 34.2 Å². The third-order valence-electron chi connectivity index (χ3n) is 4.90. The molecule has 28 heavy (non-hydrogen) atoms. The first-order chi connectivity index (χ1) is 13.3. The fourth-order valence-electron chi connectivity index (χ4n) is 2.76. The van der Waals surface area contributed by atoms with E-state index in [0.29, 0.717) is 18.8 Å². The van der Waals surface area contributed by atoms with Gasteiger partial charge in [-0.2, -0.15) is 15.3 Å². The molecule has 0 bridgehead atoms. The summed E-state index contributed by atoms with van der Waals surface area (Å²) in [5.74, 6) is -0.651. The average Bonchev–Trinajstić information content (AvgIpc) is 3.31. The highest BCUT2D eigenvalue weighted by atomic mass is 16.2. The molecule has 148 valence electrons. The van der Waals surface area contributed by atoms with Crippen LogP contribution in [0.15, 0.2) is 18.5 Å². The van der Waals surface area contributed by atoms with Gasteiger partial charge in [-0.05, 0) is 13.8 Å². The number of aryl methyl sites for hydroxylation is 3. The third-order valence-corrected chi connectivity index (χ3v) is 4.90. The van der Waals surface area contributed by atoms with Crippen LogP contribution >= 0.6 is 0 Å². The summed E-state index contributed by atoms with van der Waals surface area (Å²) in [7, 11) is 5.32. The van der Waals surface area contributed by atoms with E-state index in [4.69, 9.17) is 0 Å². The summed E-state index contributed by atoms with van der Waals surface area (Å²) in [4.78, 5) is 24.9. The van der Waals surface area contributed by atoms with E-state index >= 15 is 0 Å². The van der Waals surface area contributed by atoms with Gasteiger partial charge < -0.3 is 10.6 Å². The lowest BCUT2D eigenvalue weighted by molar-refractivity contribution is 0.0935. The molecule has 3 aromatic heterocycles. The summed E-state index contributed by atoms with van der Waals surface area (Å²) in [5, 5.41) is 18.1. The van der Waals surface area contributed by atoms with Crippen molar-refractivity contribution in [3.05, 3.63) is 52.4 Å². The van der Waals surface area contributed by atoms with E-state index < -0.39 is 0 Å². The zero-order chi connectivity index (χ0) is 20.4. The van der Waals surface area contributed by atoms with E-state index in [0.717, 1.165) is 22.5 Å². The number of aromatic nitrogens is 6. The minimum atomic E-state index is -0.346. The van der Waals surface area contributed by atoms with Gasteiger partial charge in [-0.25, -0.2) is 0 Å². The molecule has 10 nitrogen and oxygen atoms in total.